The van der Waals surface area contributed by atoms with Gasteiger partial charge in [0, 0.05) is 18.5 Å². The summed E-state index contributed by atoms with van der Waals surface area (Å²) < 4.78 is 27.4. The fourth-order valence-electron chi connectivity index (χ4n) is 3.69. The summed E-state index contributed by atoms with van der Waals surface area (Å²) in [5.41, 5.74) is 2.02. The highest BCUT2D eigenvalue weighted by Gasteiger charge is 2.24. The minimum absolute atomic E-state index is 0.0143. The molecule has 32 heavy (non-hydrogen) atoms. The fraction of sp³-hybridized carbons (Fsp3) is 0.304. The highest BCUT2D eigenvalue weighted by Crippen LogP contribution is 2.30. The third-order valence-corrected chi connectivity index (χ3v) is 8.66. The van der Waals surface area contributed by atoms with E-state index < -0.39 is 15.9 Å². The number of nitrogens with zero attached hydrogens (tertiary/aromatic N) is 2. The summed E-state index contributed by atoms with van der Waals surface area (Å²) in [4.78, 5) is 18.7. The summed E-state index contributed by atoms with van der Waals surface area (Å²) in [6.07, 6.45) is 5.33. The molecular weight excluding hydrogens is 466 g/mol. The Balaban J connectivity index is 1.54. The maximum absolute atomic E-state index is 13.1. The summed E-state index contributed by atoms with van der Waals surface area (Å²) >= 11 is 7.73. The van der Waals surface area contributed by atoms with Gasteiger partial charge in [-0.25, -0.2) is 13.4 Å². The molecule has 0 saturated carbocycles. The van der Waals surface area contributed by atoms with E-state index in [1.807, 2.05) is 30.3 Å². The fourth-order valence-corrected chi connectivity index (χ4v) is 6.12. The highest BCUT2D eigenvalue weighted by molar-refractivity contribution is 7.89. The third kappa shape index (κ3) is 5.04. The number of hydrogen-bond donors (Lipinski definition) is 1. The van der Waals surface area contributed by atoms with Gasteiger partial charge < -0.3 is 0 Å². The van der Waals surface area contributed by atoms with Crippen LogP contribution in [0.5, 0.6) is 0 Å². The number of aromatic nitrogens is 1. The number of anilines is 1. The van der Waals surface area contributed by atoms with E-state index in [0.717, 1.165) is 36.9 Å². The van der Waals surface area contributed by atoms with Gasteiger partial charge in [0.2, 0.25) is 10.0 Å². The van der Waals surface area contributed by atoms with Gasteiger partial charge >= 0.3 is 0 Å². The zero-order valence-electron chi connectivity index (χ0n) is 17.7. The van der Waals surface area contributed by atoms with Crippen molar-refractivity contribution >= 4 is 44.0 Å². The number of aryl methyl sites for hydroxylation is 2. The maximum atomic E-state index is 13.1. The Morgan fingerprint density at radius 3 is 2.66 bits per heavy atom. The van der Waals surface area contributed by atoms with E-state index in [0.29, 0.717) is 5.13 Å². The van der Waals surface area contributed by atoms with Crippen molar-refractivity contribution in [3.05, 3.63) is 75.3 Å². The zero-order valence-corrected chi connectivity index (χ0v) is 20.1. The van der Waals surface area contributed by atoms with Crippen molar-refractivity contribution in [2.24, 2.45) is 0 Å². The van der Waals surface area contributed by atoms with E-state index in [2.05, 4.69) is 10.3 Å². The first-order valence-corrected chi connectivity index (χ1v) is 13.1. The van der Waals surface area contributed by atoms with Crippen molar-refractivity contribution in [2.45, 2.75) is 43.5 Å². The van der Waals surface area contributed by atoms with Crippen molar-refractivity contribution in [3.8, 4) is 0 Å². The number of carbonyl (C=O) groups excluding carboxylic acids is 1. The molecule has 0 atom stereocenters. The lowest BCUT2D eigenvalue weighted by molar-refractivity contribution is 0.102. The zero-order chi connectivity index (χ0) is 22.7. The molecule has 1 heterocycles. The Kier molecular flexibility index (Phi) is 6.95. The number of benzene rings is 2. The second-order valence-corrected chi connectivity index (χ2v) is 11.3. The molecule has 4 rings (SSSR count). The normalized spacial score (nSPS) is 14.1. The van der Waals surface area contributed by atoms with Gasteiger partial charge in [-0.15, -0.1) is 11.3 Å². The second kappa shape index (κ2) is 9.70. The van der Waals surface area contributed by atoms with Gasteiger partial charge in [0.15, 0.2) is 5.13 Å². The number of rotatable bonds is 6. The standard InChI is InChI=1S/C23H24ClN3O3S2/c1-27(15-16-8-4-2-5-9-16)32(29,30)17-12-13-19(24)18(14-17)22(28)26-23-25-20-10-6-3-7-11-21(20)31-23/h2,4-5,8-9,12-14H,3,6-7,10-11,15H2,1H3,(H,25,26,28). The van der Waals surface area contributed by atoms with Gasteiger partial charge in [0.05, 0.1) is 21.2 Å². The highest BCUT2D eigenvalue weighted by atomic mass is 35.5. The molecule has 0 radical (unpaired) electrons. The Morgan fingerprint density at radius 2 is 1.88 bits per heavy atom. The molecule has 0 saturated heterocycles. The lowest BCUT2D eigenvalue weighted by atomic mass is 10.2. The second-order valence-electron chi connectivity index (χ2n) is 7.79. The molecule has 2 aromatic carbocycles. The molecule has 1 aliphatic carbocycles. The number of halogens is 1. The van der Waals surface area contributed by atoms with E-state index in [1.165, 1.54) is 52.2 Å². The molecule has 0 unspecified atom stereocenters. The van der Waals surface area contributed by atoms with Crippen LogP contribution in [-0.4, -0.2) is 30.7 Å². The first-order valence-electron chi connectivity index (χ1n) is 10.4. The smallest absolute Gasteiger partial charge is 0.259 e. The monoisotopic (exact) mass is 489 g/mol. The first-order chi connectivity index (χ1) is 15.3. The molecule has 0 aliphatic heterocycles. The van der Waals surface area contributed by atoms with Gasteiger partial charge in [0.1, 0.15) is 0 Å². The summed E-state index contributed by atoms with van der Waals surface area (Å²) in [5, 5.41) is 3.51. The molecule has 0 spiro atoms. The third-order valence-electron chi connectivity index (χ3n) is 5.45. The Labute approximate surface area is 197 Å². The largest absolute Gasteiger partial charge is 0.298 e. The lowest BCUT2D eigenvalue weighted by Crippen LogP contribution is -2.27. The van der Waals surface area contributed by atoms with Crippen molar-refractivity contribution in [1.82, 2.24) is 9.29 Å². The van der Waals surface area contributed by atoms with Crippen molar-refractivity contribution in [2.75, 3.05) is 12.4 Å². The molecular formula is C23H24ClN3O3S2. The van der Waals surface area contributed by atoms with E-state index >= 15 is 0 Å². The number of amides is 1. The Hall–Kier alpha value is -2.26. The summed E-state index contributed by atoms with van der Waals surface area (Å²) in [6.45, 7) is 0.220. The SMILES string of the molecule is CN(Cc1ccccc1)S(=O)(=O)c1ccc(Cl)c(C(=O)Nc2nc3c(s2)CCCCC3)c1. The quantitative estimate of drug-likeness (QED) is 0.486. The molecule has 168 valence electrons. The van der Waals surface area contributed by atoms with E-state index in [1.54, 1.807) is 0 Å². The molecule has 0 bridgehead atoms. The number of hydrogen-bond acceptors (Lipinski definition) is 5. The van der Waals surface area contributed by atoms with Gasteiger partial charge in [-0.05, 0) is 49.4 Å². The van der Waals surface area contributed by atoms with Crippen LogP contribution in [0.15, 0.2) is 53.4 Å². The number of sulfonamides is 1. The Morgan fingerprint density at radius 1 is 1.12 bits per heavy atom. The van der Waals surface area contributed by atoms with Gasteiger partial charge in [-0.1, -0.05) is 48.4 Å². The predicted octanol–water partition coefficient (Wildman–Crippen LogP) is 5.14. The maximum Gasteiger partial charge on any atom is 0.259 e. The molecule has 9 heteroatoms. The summed E-state index contributed by atoms with van der Waals surface area (Å²) in [7, 11) is -2.29. The molecule has 1 N–H and O–H groups in total. The van der Waals surface area contributed by atoms with Crippen LogP contribution in [-0.2, 0) is 29.4 Å². The molecule has 1 aromatic heterocycles. The van der Waals surface area contributed by atoms with Crippen LogP contribution in [0, 0.1) is 0 Å². The number of nitrogens with one attached hydrogen (secondary N) is 1. The van der Waals surface area contributed by atoms with Crippen molar-refractivity contribution in [1.29, 1.82) is 0 Å². The van der Waals surface area contributed by atoms with Crippen LogP contribution in [0.4, 0.5) is 5.13 Å². The predicted molar refractivity (Wildman–Crippen MR) is 128 cm³/mol. The average molecular weight is 490 g/mol. The summed E-state index contributed by atoms with van der Waals surface area (Å²) in [6, 6.07) is 13.5. The minimum Gasteiger partial charge on any atom is -0.298 e. The number of carbonyl (C=O) groups is 1. The molecule has 1 aliphatic rings. The first kappa shape index (κ1) is 22.9. The van der Waals surface area contributed by atoms with E-state index in [9.17, 15) is 13.2 Å². The van der Waals surface area contributed by atoms with Gasteiger partial charge in [-0.3, -0.25) is 10.1 Å². The molecule has 3 aromatic rings. The van der Waals surface area contributed by atoms with Crippen LogP contribution in [0.3, 0.4) is 0 Å². The molecule has 0 fully saturated rings. The number of fused-ring (bicyclic) bond motifs is 1. The van der Waals surface area contributed by atoms with Crippen molar-refractivity contribution in [3.63, 3.8) is 0 Å². The van der Waals surface area contributed by atoms with Crippen molar-refractivity contribution < 1.29 is 13.2 Å². The van der Waals surface area contributed by atoms with Crippen LogP contribution in [0.2, 0.25) is 5.02 Å². The van der Waals surface area contributed by atoms with E-state index in [4.69, 9.17) is 11.6 Å². The summed E-state index contributed by atoms with van der Waals surface area (Å²) in [5.74, 6) is -0.471. The van der Waals surface area contributed by atoms with Gasteiger partial charge in [0.25, 0.3) is 5.91 Å². The van der Waals surface area contributed by atoms with E-state index in [-0.39, 0.29) is 22.0 Å². The minimum atomic E-state index is -3.81. The van der Waals surface area contributed by atoms with Crippen LogP contribution >= 0.6 is 22.9 Å². The molecule has 1 amide bonds. The lowest BCUT2D eigenvalue weighted by Gasteiger charge is -2.18. The number of thiazole rings is 1. The molecule has 6 nitrogen and oxygen atoms in total. The van der Waals surface area contributed by atoms with Gasteiger partial charge in [-0.2, -0.15) is 4.31 Å². The Bertz CT molecular complexity index is 1200. The van der Waals surface area contributed by atoms with Crippen LogP contribution in [0.1, 0.15) is 45.8 Å². The van der Waals surface area contributed by atoms with Crippen LogP contribution in [0.25, 0.3) is 0 Å². The topological polar surface area (TPSA) is 79.4 Å². The van der Waals surface area contributed by atoms with Crippen LogP contribution < -0.4 is 5.32 Å². The average Bonchev–Trinajstić information content (AvgIpc) is 3.02.